The van der Waals surface area contributed by atoms with Crippen LogP contribution in [0.5, 0.6) is 0 Å². The maximum absolute atomic E-state index is 13.0. The average Bonchev–Trinajstić information content (AvgIpc) is 3.03. The van der Waals surface area contributed by atoms with Gasteiger partial charge >= 0.3 is 0 Å². The van der Waals surface area contributed by atoms with Crippen LogP contribution in [0.15, 0.2) is 18.2 Å². The highest BCUT2D eigenvalue weighted by Gasteiger charge is 2.72. The van der Waals surface area contributed by atoms with E-state index in [0.29, 0.717) is 11.3 Å². The van der Waals surface area contributed by atoms with E-state index in [-0.39, 0.29) is 17.5 Å². The van der Waals surface area contributed by atoms with Crippen LogP contribution in [0.2, 0.25) is 0 Å². The Hall–Kier alpha value is -2.28. The van der Waals surface area contributed by atoms with Crippen LogP contribution in [0.3, 0.4) is 0 Å². The van der Waals surface area contributed by atoms with Gasteiger partial charge in [0.2, 0.25) is 11.8 Å². The predicted octanol–water partition coefficient (Wildman–Crippen LogP) is 2.35. The zero-order chi connectivity index (χ0) is 17.4. The van der Waals surface area contributed by atoms with E-state index in [0.717, 1.165) is 12.8 Å². The second-order valence-corrected chi connectivity index (χ2v) is 7.42. The van der Waals surface area contributed by atoms with Crippen LogP contribution in [0.4, 0.5) is 11.4 Å². The summed E-state index contributed by atoms with van der Waals surface area (Å²) in [5, 5.41) is 11.0. The molecule has 3 aliphatic rings. The molecule has 7 nitrogen and oxygen atoms in total. The number of nitro groups is 1. The lowest BCUT2D eigenvalue weighted by molar-refractivity contribution is -0.385. The largest absolute Gasteiger partial charge is 0.367 e. The van der Waals surface area contributed by atoms with Crippen LogP contribution in [0, 0.1) is 28.9 Å². The minimum atomic E-state index is -0.600. The van der Waals surface area contributed by atoms with E-state index in [9.17, 15) is 19.7 Å². The lowest BCUT2D eigenvalue weighted by Gasteiger charge is -2.27. The summed E-state index contributed by atoms with van der Waals surface area (Å²) in [6.07, 6.45) is 1.52. The summed E-state index contributed by atoms with van der Waals surface area (Å²) in [4.78, 5) is 37.6. The molecule has 2 amide bonds. The van der Waals surface area contributed by atoms with E-state index in [1.165, 1.54) is 23.1 Å². The van der Waals surface area contributed by atoms with E-state index in [2.05, 4.69) is 0 Å². The monoisotopic (exact) mass is 330 g/mol. The molecule has 3 heterocycles. The zero-order valence-corrected chi connectivity index (χ0v) is 13.7. The molecule has 0 spiro atoms. The van der Waals surface area contributed by atoms with Gasteiger partial charge in [0.1, 0.15) is 0 Å². The van der Waals surface area contributed by atoms with Crippen molar-refractivity contribution in [2.45, 2.75) is 44.8 Å². The number of aryl methyl sites for hydroxylation is 1. The quantitative estimate of drug-likeness (QED) is 0.472. The molecule has 4 rings (SSSR count). The minimum absolute atomic E-state index is 0.0274. The van der Waals surface area contributed by atoms with Crippen molar-refractivity contribution in [3.05, 3.63) is 33.9 Å². The van der Waals surface area contributed by atoms with Crippen LogP contribution < -0.4 is 4.90 Å². The molecule has 7 heteroatoms. The standard InChI is InChI=1S/C17H18N2O5/c1-9-8-10(4-5-11(9)19(22)23)18-14(20)12-13(15(18)21)17(3)7-6-16(12,2)24-17/h4-5,8,12-13H,6-7H2,1-3H3/t12-,13+,16+,17-. The minimum Gasteiger partial charge on any atom is -0.367 e. The number of hydrogen-bond donors (Lipinski definition) is 0. The lowest BCUT2D eigenvalue weighted by Crippen LogP contribution is -2.40. The molecule has 126 valence electrons. The number of carbonyl (C=O) groups is 2. The van der Waals surface area contributed by atoms with E-state index in [1.54, 1.807) is 6.92 Å². The van der Waals surface area contributed by atoms with Gasteiger partial charge in [-0.2, -0.15) is 0 Å². The highest BCUT2D eigenvalue weighted by molar-refractivity contribution is 6.23. The predicted molar refractivity (Wildman–Crippen MR) is 84.4 cm³/mol. The normalized spacial score (nSPS) is 37.2. The Labute approximate surface area is 138 Å². The van der Waals surface area contributed by atoms with Crippen LogP contribution in [0.25, 0.3) is 0 Å². The van der Waals surface area contributed by atoms with Gasteiger partial charge in [-0.05, 0) is 45.7 Å². The second kappa shape index (κ2) is 4.42. The van der Waals surface area contributed by atoms with Crippen LogP contribution in [-0.4, -0.2) is 27.9 Å². The topological polar surface area (TPSA) is 89.8 Å². The van der Waals surface area contributed by atoms with Gasteiger partial charge in [0, 0.05) is 11.6 Å². The number of nitrogens with zero attached hydrogens (tertiary/aromatic N) is 2. The molecule has 0 N–H and O–H groups in total. The van der Waals surface area contributed by atoms with Crippen LogP contribution in [0.1, 0.15) is 32.3 Å². The fourth-order valence-corrected chi connectivity index (χ4v) is 4.71. The van der Waals surface area contributed by atoms with Gasteiger partial charge in [-0.15, -0.1) is 0 Å². The molecular formula is C17H18N2O5. The Morgan fingerprint density at radius 2 is 1.71 bits per heavy atom. The van der Waals surface area contributed by atoms with Crippen molar-refractivity contribution in [3.63, 3.8) is 0 Å². The van der Waals surface area contributed by atoms with Crippen molar-refractivity contribution in [1.29, 1.82) is 0 Å². The number of benzene rings is 1. The van der Waals surface area contributed by atoms with Gasteiger partial charge in [-0.25, -0.2) is 4.90 Å². The summed E-state index contributed by atoms with van der Waals surface area (Å²) in [6, 6.07) is 4.34. The SMILES string of the molecule is Cc1cc(N2C(=O)[C@@H]3[C@H](C2=O)[C@]2(C)CC[C@@]3(C)O2)ccc1[N+](=O)[O-]. The van der Waals surface area contributed by atoms with Gasteiger partial charge < -0.3 is 4.74 Å². The molecule has 4 atom stereocenters. The molecule has 0 aromatic heterocycles. The number of nitro benzene ring substituents is 1. The van der Waals surface area contributed by atoms with E-state index in [4.69, 9.17) is 4.74 Å². The molecule has 3 aliphatic heterocycles. The first kappa shape index (κ1) is 15.3. The lowest BCUT2D eigenvalue weighted by atomic mass is 9.69. The molecule has 0 saturated carbocycles. The molecular weight excluding hydrogens is 312 g/mol. The number of anilines is 1. The molecule has 3 saturated heterocycles. The first-order chi connectivity index (χ1) is 11.2. The number of fused-ring (bicyclic) bond motifs is 5. The highest BCUT2D eigenvalue weighted by Crippen LogP contribution is 2.60. The maximum Gasteiger partial charge on any atom is 0.272 e. The summed E-state index contributed by atoms with van der Waals surface area (Å²) in [6.45, 7) is 5.40. The van der Waals surface area contributed by atoms with E-state index >= 15 is 0 Å². The maximum atomic E-state index is 13.0. The van der Waals surface area contributed by atoms with Gasteiger partial charge in [0.05, 0.1) is 33.6 Å². The second-order valence-electron chi connectivity index (χ2n) is 7.42. The van der Waals surface area contributed by atoms with E-state index < -0.39 is 28.0 Å². The summed E-state index contributed by atoms with van der Waals surface area (Å²) in [5.74, 6) is -1.47. The van der Waals surface area contributed by atoms with Crippen molar-refractivity contribution in [2.75, 3.05) is 4.90 Å². The van der Waals surface area contributed by atoms with Gasteiger partial charge in [0.25, 0.3) is 5.69 Å². The zero-order valence-electron chi connectivity index (χ0n) is 13.7. The Morgan fingerprint density at radius 1 is 1.17 bits per heavy atom. The summed E-state index contributed by atoms with van der Waals surface area (Å²) in [7, 11) is 0. The Balaban J connectivity index is 1.77. The van der Waals surface area contributed by atoms with Gasteiger partial charge in [-0.1, -0.05) is 0 Å². The molecule has 1 aromatic carbocycles. The molecule has 24 heavy (non-hydrogen) atoms. The third kappa shape index (κ3) is 1.70. The van der Waals surface area contributed by atoms with Gasteiger partial charge in [-0.3, -0.25) is 19.7 Å². The Bertz CT molecular complexity index is 772. The van der Waals surface area contributed by atoms with Gasteiger partial charge in [0.15, 0.2) is 0 Å². The number of imide groups is 1. The molecule has 3 fully saturated rings. The van der Waals surface area contributed by atoms with Crippen LogP contribution >= 0.6 is 0 Å². The number of hydrogen-bond acceptors (Lipinski definition) is 5. The number of ether oxygens (including phenoxy) is 1. The van der Waals surface area contributed by atoms with Crippen molar-refractivity contribution in [1.82, 2.24) is 0 Å². The first-order valence-corrected chi connectivity index (χ1v) is 8.01. The Kier molecular flexibility index (Phi) is 2.81. The smallest absolute Gasteiger partial charge is 0.272 e. The first-order valence-electron chi connectivity index (χ1n) is 8.01. The number of amides is 2. The third-order valence-corrected chi connectivity index (χ3v) is 5.84. The van der Waals surface area contributed by atoms with Crippen molar-refractivity contribution in [3.8, 4) is 0 Å². The summed E-state index contributed by atoms with van der Waals surface area (Å²) >= 11 is 0. The van der Waals surface area contributed by atoms with E-state index in [1.807, 2.05) is 13.8 Å². The van der Waals surface area contributed by atoms with Crippen LogP contribution in [-0.2, 0) is 14.3 Å². The molecule has 1 aromatic rings. The summed E-state index contributed by atoms with van der Waals surface area (Å²) in [5.41, 5.74) is -0.408. The average molecular weight is 330 g/mol. The van der Waals surface area contributed by atoms with Crippen molar-refractivity contribution in [2.24, 2.45) is 11.8 Å². The number of rotatable bonds is 2. The molecule has 0 radical (unpaired) electrons. The fraction of sp³-hybridized carbons (Fsp3) is 0.529. The van der Waals surface area contributed by atoms with Crippen molar-refractivity contribution >= 4 is 23.2 Å². The highest BCUT2D eigenvalue weighted by atomic mass is 16.6. The summed E-state index contributed by atoms with van der Waals surface area (Å²) < 4.78 is 6.06. The molecule has 0 aliphatic carbocycles. The Morgan fingerprint density at radius 3 is 2.17 bits per heavy atom. The van der Waals surface area contributed by atoms with Crippen molar-refractivity contribution < 1.29 is 19.2 Å². The third-order valence-electron chi connectivity index (χ3n) is 5.84. The molecule has 2 bridgehead atoms. The number of carbonyl (C=O) groups excluding carboxylic acids is 2. The molecule has 0 unspecified atom stereocenters. The fourth-order valence-electron chi connectivity index (χ4n) is 4.71.